The predicted octanol–water partition coefficient (Wildman–Crippen LogP) is 3.04. The van der Waals surface area contributed by atoms with Gasteiger partial charge < -0.3 is 9.73 Å². The van der Waals surface area contributed by atoms with Gasteiger partial charge in [-0.2, -0.15) is 0 Å². The Morgan fingerprint density at radius 1 is 1.38 bits per heavy atom. The van der Waals surface area contributed by atoms with Crippen molar-refractivity contribution in [3.8, 4) is 0 Å². The summed E-state index contributed by atoms with van der Waals surface area (Å²) in [4.78, 5) is 0. The van der Waals surface area contributed by atoms with Gasteiger partial charge in [-0.05, 0) is 39.3 Å². The van der Waals surface area contributed by atoms with E-state index in [1.54, 1.807) is 0 Å². The zero-order chi connectivity index (χ0) is 9.84. The highest BCUT2D eigenvalue weighted by Gasteiger charge is 2.10. The molecule has 0 saturated carbocycles. The molecule has 0 amide bonds. The predicted molar refractivity (Wildman–Crippen MR) is 54.7 cm³/mol. The van der Waals surface area contributed by atoms with Crippen LogP contribution in [0.1, 0.15) is 44.8 Å². The second-order valence-corrected chi connectivity index (χ2v) is 3.65. The summed E-state index contributed by atoms with van der Waals surface area (Å²) in [6, 6.07) is 4.89. The Bertz CT molecular complexity index is 254. The lowest BCUT2D eigenvalue weighted by Crippen LogP contribution is -2.27. The number of aryl methyl sites for hydroxylation is 1. The highest BCUT2D eigenvalue weighted by atomic mass is 16.3. The Morgan fingerprint density at radius 2 is 2.08 bits per heavy atom. The molecular formula is C11H19NO. The van der Waals surface area contributed by atoms with Crippen LogP contribution >= 0.6 is 0 Å². The van der Waals surface area contributed by atoms with E-state index < -0.39 is 0 Å². The fraction of sp³-hybridized carbons (Fsp3) is 0.636. The summed E-state index contributed by atoms with van der Waals surface area (Å²) >= 11 is 0. The molecule has 1 N–H and O–H groups in total. The van der Waals surface area contributed by atoms with Gasteiger partial charge >= 0.3 is 0 Å². The van der Waals surface area contributed by atoms with Crippen molar-refractivity contribution in [2.45, 2.75) is 46.2 Å². The summed E-state index contributed by atoms with van der Waals surface area (Å²) in [5, 5.41) is 3.47. The van der Waals surface area contributed by atoms with Gasteiger partial charge in [-0.3, -0.25) is 0 Å². The van der Waals surface area contributed by atoms with Gasteiger partial charge in [0.05, 0.1) is 6.04 Å². The van der Waals surface area contributed by atoms with Gasteiger partial charge in [0.2, 0.25) is 0 Å². The minimum absolute atomic E-state index is 0.309. The summed E-state index contributed by atoms with van der Waals surface area (Å²) < 4.78 is 5.53. The monoisotopic (exact) mass is 181 g/mol. The molecule has 0 unspecified atom stereocenters. The zero-order valence-electron chi connectivity index (χ0n) is 8.92. The molecule has 74 valence electrons. The maximum atomic E-state index is 5.53. The average molecular weight is 181 g/mol. The normalized spacial score (nSPS) is 15.7. The van der Waals surface area contributed by atoms with Gasteiger partial charge in [0.1, 0.15) is 11.5 Å². The molecule has 2 heteroatoms. The first-order valence-electron chi connectivity index (χ1n) is 4.96. The van der Waals surface area contributed by atoms with E-state index in [1.165, 1.54) is 0 Å². The lowest BCUT2D eigenvalue weighted by Gasteiger charge is -2.16. The van der Waals surface area contributed by atoms with Crippen LogP contribution in [-0.2, 0) is 0 Å². The van der Waals surface area contributed by atoms with Crippen LogP contribution in [0.25, 0.3) is 0 Å². The van der Waals surface area contributed by atoms with Crippen LogP contribution in [0.2, 0.25) is 0 Å². The molecule has 0 aliphatic carbocycles. The molecule has 13 heavy (non-hydrogen) atoms. The van der Waals surface area contributed by atoms with E-state index >= 15 is 0 Å². The Morgan fingerprint density at radius 3 is 2.54 bits per heavy atom. The van der Waals surface area contributed by atoms with Crippen molar-refractivity contribution in [3.63, 3.8) is 0 Å². The third kappa shape index (κ3) is 2.88. The van der Waals surface area contributed by atoms with Crippen LogP contribution < -0.4 is 5.32 Å². The molecule has 0 aliphatic rings. The third-order valence-electron chi connectivity index (χ3n) is 2.33. The van der Waals surface area contributed by atoms with Crippen molar-refractivity contribution in [2.75, 3.05) is 0 Å². The van der Waals surface area contributed by atoms with Crippen molar-refractivity contribution in [3.05, 3.63) is 23.7 Å². The van der Waals surface area contributed by atoms with Gasteiger partial charge in [0.25, 0.3) is 0 Å². The molecule has 1 rings (SSSR count). The zero-order valence-corrected chi connectivity index (χ0v) is 8.92. The first kappa shape index (κ1) is 10.3. The molecule has 2 atom stereocenters. The summed E-state index contributed by atoms with van der Waals surface area (Å²) in [6.07, 6.45) is 1.14. The van der Waals surface area contributed by atoms with Crippen LogP contribution in [-0.4, -0.2) is 6.04 Å². The lowest BCUT2D eigenvalue weighted by molar-refractivity contribution is 0.385. The first-order chi connectivity index (χ1) is 6.13. The molecule has 1 aromatic rings. The molecule has 0 spiro atoms. The number of hydrogen-bond donors (Lipinski definition) is 1. The average Bonchev–Trinajstić information content (AvgIpc) is 2.51. The Kier molecular flexibility index (Phi) is 3.55. The van der Waals surface area contributed by atoms with E-state index in [4.69, 9.17) is 4.42 Å². The fourth-order valence-electron chi connectivity index (χ4n) is 1.31. The smallest absolute Gasteiger partial charge is 0.120 e. The van der Waals surface area contributed by atoms with Crippen molar-refractivity contribution in [2.24, 2.45) is 0 Å². The summed E-state index contributed by atoms with van der Waals surface area (Å²) in [7, 11) is 0. The quantitative estimate of drug-likeness (QED) is 0.772. The fourth-order valence-corrected chi connectivity index (χ4v) is 1.31. The Hall–Kier alpha value is -0.760. The van der Waals surface area contributed by atoms with Gasteiger partial charge in [-0.15, -0.1) is 0 Å². The highest BCUT2D eigenvalue weighted by Crippen LogP contribution is 2.16. The molecule has 0 bridgehead atoms. The second-order valence-electron chi connectivity index (χ2n) is 3.65. The number of hydrogen-bond acceptors (Lipinski definition) is 2. The van der Waals surface area contributed by atoms with Crippen molar-refractivity contribution >= 4 is 0 Å². The molecule has 0 aromatic carbocycles. The van der Waals surface area contributed by atoms with Crippen molar-refractivity contribution < 1.29 is 4.42 Å². The van der Waals surface area contributed by atoms with E-state index in [9.17, 15) is 0 Å². The summed E-state index contributed by atoms with van der Waals surface area (Å²) in [5.74, 6) is 2.01. The van der Waals surface area contributed by atoms with Crippen LogP contribution in [0.3, 0.4) is 0 Å². The maximum absolute atomic E-state index is 5.53. The minimum atomic E-state index is 0.309. The van der Waals surface area contributed by atoms with E-state index in [1.807, 2.05) is 19.1 Å². The van der Waals surface area contributed by atoms with Crippen LogP contribution in [0, 0.1) is 6.92 Å². The summed E-state index contributed by atoms with van der Waals surface area (Å²) in [5.41, 5.74) is 0. The van der Waals surface area contributed by atoms with E-state index in [2.05, 4.69) is 26.1 Å². The number of furan rings is 1. The second kappa shape index (κ2) is 4.47. The minimum Gasteiger partial charge on any atom is -0.465 e. The molecule has 0 aliphatic heterocycles. The van der Waals surface area contributed by atoms with Crippen molar-refractivity contribution in [1.29, 1.82) is 0 Å². The van der Waals surface area contributed by atoms with Crippen LogP contribution in [0.4, 0.5) is 0 Å². The van der Waals surface area contributed by atoms with Gasteiger partial charge in [0.15, 0.2) is 0 Å². The van der Waals surface area contributed by atoms with Crippen LogP contribution in [0.15, 0.2) is 16.5 Å². The van der Waals surface area contributed by atoms with E-state index in [0.29, 0.717) is 12.1 Å². The van der Waals surface area contributed by atoms with E-state index in [0.717, 1.165) is 17.9 Å². The van der Waals surface area contributed by atoms with Gasteiger partial charge in [-0.1, -0.05) is 6.92 Å². The molecule has 0 fully saturated rings. The third-order valence-corrected chi connectivity index (χ3v) is 2.33. The van der Waals surface area contributed by atoms with Gasteiger partial charge in [0, 0.05) is 6.04 Å². The topological polar surface area (TPSA) is 25.2 Å². The SMILES string of the molecule is CC[C@@H](C)N[C@H](C)c1ccc(C)o1. The molecule has 2 nitrogen and oxygen atoms in total. The van der Waals surface area contributed by atoms with Crippen molar-refractivity contribution in [1.82, 2.24) is 5.32 Å². The lowest BCUT2D eigenvalue weighted by atomic mass is 10.2. The number of rotatable bonds is 4. The maximum Gasteiger partial charge on any atom is 0.120 e. The largest absolute Gasteiger partial charge is 0.465 e. The number of nitrogens with one attached hydrogen (secondary N) is 1. The molecule has 1 heterocycles. The van der Waals surface area contributed by atoms with Gasteiger partial charge in [-0.25, -0.2) is 0 Å². The summed E-state index contributed by atoms with van der Waals surface area (Å²) in [6.45, 7) is 8.47. The van der Waals surface area contributed by atoms with E-state index in [-0.39, 0.29) is 0 Å². The molecule has 0 saturated heterocycles. The highest BCUT2D eigenvalue weighted by molar-refractivity contribution is 5.08. The Labute approximate surface area is 80.3 Å². The first-order valence-corrected chi connectivity index (χ1v) is 4.96. The Balaban J connectivity index is 2.53. The molecule has 1 aromatic heterocycles. The standard InChI is InChI=1S/C11H19NO/c1-5-8(2)12-10(4)11-7-6-9(3)13-11/h6-8,10,12H,5H2,1-4H3/t8-,10-/m1/s1. The molecular weight excluding hydrogens is 162 g/mol. The molecule has 0 radical (unpaired) electrons. The van der Waals surface area contributed by atoms with Crippen LogP contribution in [0.5, 0.6) is 0 Å².